The third-order valence-electron chi connectivity index (χ3n) is 6.48. The number of H-pyrrole nitrogens is 1. The maximum Gasteiger partial charge on any atom is 0.144 e. The molecule has 7 heteroatoms. The van der Waals surface area contributed by atoms with E-state index >= 15 is 0 Å². The molecular weight excluding hydrogens is 396 g/mol. The average molecular weight is 424 g/mol. The molecule has 31 heavy (non-hydrogen) atoms. The van der Waals surface area contributed by atoms with Crippen LogP contribution in [0, 0.1) is 11.6 Å². The van der Waals surface area contributed by atoms with Crippen LogP contribution in [0.2, 0.25) is 0 Å². The fourth-order valence-corrected chi connectivity index (χ4v) is 4.74. The number of amidine groups is 1. The topological polar surface area (TPSA) is 64.2 Å². The van der Waals surface area contributed by atoms with E-state index in [0.717, 1.165) is 47.8 Å². The molecule has 2 aliphatic heterocycles. The smallest absolute Gasteiger partial charge is 0.144 e. The number of aromatic nitrogens is 1. The molecule has 5 nitrogen and oxygen atoms in total. The van der Waals surface area contributed by atoms with Crippen molar-refractivity contribution >= 4 is 16.7 Å². The Morgan fingerprint density at radius 3 is 2.65 bits per heavy atom. The van der Waals surface area contributed by atoms with Crippen LogP contribution >= 0.6 is 0 Å². The minimum Gasteiger partial charge on any atom is -0.357 e. The van der Waals surface area contributed by atoms with Gasteiger partial charge in [-0.25, -0.2) is 19.2 Å². The van der Waals surface area contributed by atoms with E-state index in [0.29, 0.717) is 5.84 Å². The van der Waals surface area contributed by atoms with Crippen LogP contribution in [0.5, 0.6) is 0 Å². The molecule has 0 saturated carbocycles. The lowest BCUT2D eigenvalue weighted by Gasteiger charge is -2.39. The highest BCUT2D eigenvalue weighted by molar-refractivity contribution is 5.99. The van der Waals surface area contributed by atoms with Gasteiger partial charge >= 0.3 is 0 Å². The Morgan fingerprint density at radius 2 is 1.87 bits per heavy atom. The summed E-state index contributed by atoms with van der Waals surface area (Å²) in [7, 11) is 0. The molecule has 3 heterocycles. The predicted octanol–water partition coefficient (Wildman–Crippen LogP) is 4.46. The molecule has 2 aliphatic rings. The molecule has 3 aromatic rings. The summed E-state index contributed by atoms with van der Waals surface area (Å²) < 4.78 is 27.1. The molecule has 1 aromatic heterocycles. The monoisotopic (exact) mass is 423 g/mol. The number of benzene rings is 2. The molecule has 0 amide bonds. The van der Waals surface area contributed by atoms with Gasteiger partial charge in [0.2, 0.25) is 0 Å². The van der Waals surface area contributed by atoms with Crippen molar-refractivity contribution in [3.63, 3.8) is 0 Å². The maximum atomic E-state index is 13.8. The van der Waals surface area contributed by atoms with Crippen molar-refractivity contribution in [3.05, 3.63) is 70.9 Å². The van der Waals surface area contributed by atoms with Crippen molar-refractivity contribution in [2.45, 2.75) is 57.3 Å². The molecule has 0 bridgehead atoms. The zero-order valence-corrected chi connectivity index (χ0v) is 17.7. The van der Waals surface area contributed by atoms with E-state index in [9.17, 15) is 8.78 Å². The highest BCUT2D eigenvalue weighted by atomic mass is 19.1. The zero-order valence-electron chi connectivity index (χ0n) is 17.7. The first-order valence-corrected chi connectivity index (χ1v) is 10.9. The Morgan fingerprint density at radius 1 is 1.10 bits per heavy atom. The number of hydrogen-bond donors (Lipinski definition) is 4. The van der Waals surface area contributed by atoms with Gasteiger partial charge in [-0.15, -0.1) is 0 Å². The number of aliphatic imine (C=N–C) groups is 1. The van der Waals surface area contributed by atoms with Crippen LogP contribution in [0.1, 0.15) is 56.0 Å². The lowest BCUT2D eigenvalue weighted by atomic mass is 9.86. The van der Waals surface area contributed by atoms with E-state index in [1.807, 2.05) is 6.07 Å². The van der Waals surface area contributed by atoms with E-state index in [-0.39, 0.29) is 23.7 Å². The number of nitrogens with one attached hydrogen (secondary N) is 4. The summed E-state index contributed by atoms with van der Waals surface area (Å²) in [5.41, 5.74) is 9.99. The Hall–Kier alpha value is -2.77. The predicted molar refractivity (Wildman–Crippen MR) is 119 cm³/mol. The van der Waals surface area contributed by atoms with Gasteiger partial charge in [0.05, 0.1) is 6.04 Å². The van der Waals surface area contributed by atoms with Gasteiger partial charge < -0.3 is 15.7 Å². The highest BCUT2D eigenvalue weighted by Gasteiger charge is 2.43. The normalized spacial score (nSPS) is 25.4. The van der Waals surface area contributed by atoms with Crippen molar-refractivity contribution in [2.24, 2.45) is 4.99 Å². The number of unbranched alkanes of at least 4 members (excludes halogenated alkanes) is 1. The van der Waals surface area contributed by atoms with Gasteiger partial charge in [0, 0.05) is 28.2 Å². The van der Waals surface area contributed by atoms with Gasteiger partial charge in [0.15, 0.2) is 0 Å². The van der Waals surface area contributed by atoms with Gasteiger partial charge in [-0.05, 0) is 67.8 Å². The third kappa shape index (κ3) is 3.62. The Bertz CT molecular complexity index is 1140. The summed E-state index contributed by atoms with van der Waals surface area (Å²) >= 11 is 0. The van der Waals surface area contributed by atoms with Crippen LogP contribution in [0.25, 0.3) is 10.9 Å². The maximum absolute atomic E-state index is 13.8. The molecule has 3 atom stereocenters. The summed E-state index contributed by atoms with van der Waals surface area (Å²) in [5, 5.41) is 4.86. The molecule has 2 aromatic carbocycles. The van der Waals surface area contributed by atoms with Crippen molar-refractivity contribution < 1.29 is 8.78 Å². The molecule has 2 unspecified atom stereocenters. The second-order valence-electron chi connectivity index (χ2n) is 8.69. The largest absolute Gasteiger partial charge is 0.357 e. The minimum absolute atomic E-state index is 0.0244. The third-order valence-corrected chi connectivity index (χ3v) is 6.48. The van der Waals surface area contributed by atoms with Crippen LogP contribution in [-0.2, 0) is 6.42 Å². The van der Waals surface area contributed by atoms with Crippen molar-refractivity contribution in [1.82, 2.24) is 21.2 Å². The second kappa shape index (κ2) is 7.73. The molecule has 0 aliphatic carbocycles. The Labute approximate surface area is 180 Å². The van der Waals surface area contributed by atoms with E-state index in [4.69, 9.17) is 4.99 Å². The van der Waals surface area contributed by atoms with Crippen LogP contribution in [0.3, 0.4) is 0 Å². The number of aromatic amines is 1. The lowest BCUT2D eigenvalue weighted by Crippen LogP contribution is -2.59. The number of fused-ring (bicyclic) bond motifs is 3. The Balaban J connectivity index is 1.50. The number of hydrogen-bond acceptors (Lipinski definition) is 4. The van der Waals surface area contributed by atoms with E-state index in [2.05, 4.69) is 35.0 Å². The van der Waals surface area contributed by atoms with Gasteiger partial charge in [-0.3, -0.25) is 0 Å². The van der Waals surface area contributed by atoms with Gasteiger partial charge in [-0.1, -0.05) is 19.8 Å². The number of nitrogens with zero attached hydrogens (tertiary/aromatic N) is 1. The average Bonchev–Trinajstić information content (AvgIpc) is 3.33. The molecular formula is C24H27F2N5. The summed E-state index contributed by atoms with van der Waals surface area (Å²) in [6.07, 6.45) is 3.96. The summed E-state index contributed by atoms with van der Waals surface area (Å²) in [6.45, 7) is 4.25. The second-order valence-corrected chi connectivity index (χ2v) is 8.69. The number of halogens is 2. The molecule has 0 fully saturated rings. The highest BCUT2D eigenvalue weighted by Crippen LogP contribution is 2.37. The van der Waals surface area contributed by atoms with Crippen LogP contribution in [-0.4, -0.2) is 22.5 Å². The summed E-state index contributed by atoms with van der Waals surface area (Å²) in [6, 6.07) is 11.5. The number of rotatable bonds is 5. The van der Waals surface area contributed by atoms with E-state index in [1.54, 1.807) is 18.2 Å². The molecule has 4 N–H and O–H groups in total. The fourth-order valence-electron chi connectivity index (χ4n) is 4.74. The molecule has 0 radical (unpaired) electrons. The first kappa shape index (κ1) is 20.2. The molecule has 0 spiro atoms. The van der Waals surface area contributed by atoms with Gasteiger partial charge in [0.1, 0.15) is 23.1 Å². The summed E-state index contributed by atoms with van der Waals surface area (Å²) in [4.78, 5) is 8.42. The van der Waals surface area contributed by atoms with E-state index in [1.165, 1.54) is 23.8 Å². The van der Waals surface area contributed by atoms with E-state index < -0.39 is 5.66 Å². The van der Waals surface area contributed by atoms with Crippen LogP contribution in [0.15, 0.2) is 47.5 Å². The Kier molecular flexibility index (Phi) is 5.02. The zero-order chi connectivity index (χ0) is 21.6. The summed E-state index contributed by atoms with van der Waals surface area (Å²) in [5.74, 6) is 0.193. The standard InChI is InChI=1S/C24H27F2N5/c1-3-4-5-19-22-18(17-11-10-16(26)12-20(17)28-22)13-21(27-19)24(2)29-23(30-31-24)14-6-8-15(25)9-7-14/h6-12,19,21,27-28,31H,3-5,13H2,1-2H3,(H,29,30)/t19?,21-,24?/m1/s1. The quantitative estimate of drug-likeness (QED) is 0.490. The molecule has 162 valence electrons. The molecule has 0 saturated heterocycles. The van der Waals surface area contributed by atoms with Crippen LogP contribution < -0.4 is 16.2 Å². The first-order chi connectivity index (χ1) is 15.0. The fraction of sp³-hybridized carbons (Fsp3) is 0.375. The van der Waals surface area contributed by atoms with Crippen molar-refractivity contribution in [1.29, 1.82) is 0 Å². The SMILES string of the molecule is CCCCC1N[C@@H](C2(C)N=C(c3ccc(F)cc3)NN2)Cc2c1[nH]c1cc(F)ccc21. The lowest BCUT2D eigenvalue weighted by molar-refractivity contribution is 0.230. The minimum atomic E-state index is -0.588. The van der Waals surface area contributed by atoms with Crippen molar-refractivity contribution in [3.8, 4) is 0 Å². The molecule has 5 rings (SSSR count). The van der Waals surface area contributed by atoms with Crippen molar-refractivity contribution in [2.75, 3.05) is 0 Å². The first-order valence-electron chi connectivity index (χ1n) is 10.9. The van der Waals surface area contributed by atoms with Crippen LogP contribution in [0.4, 0.5) is 8.78 Å². The van der Waals surface area contributed by atoms with Gasteiger partial charge in [-0.2, -0.15) is 0 Å². The van der Waals surface area contributed by atoms with Gasteiger partial charge in [0.25, 0.3) is 0 Å². The number of hydrazine groups is 1.